The van der Waals surface area contributed by atoms with Gasteiger partial charge in [0.2, 0.25) is 5.96 Å². The van der Waals surface area contributed by atoms with E-state index >= 15 is 0 Å². The summed E-state index contributed by atoms with van der Waals surface area (Å²) >= 11 is 0. The second-order valence-corrected chi connectivity index (χ2v) is 3.73. The van der Waals surface area contributed by atoms with E-state index in [-0.39, 0.29) is 5.69 Å². The highest BCUT2D eigenvalue weighted by Crippen LogP contribution is 2.38. The van der Waals surface area contributed by atoms with Crippen molar-refractivity contribution < 1.29 is 35.8 Å². The summed E-state index contributed by atoms with van der Waals surface area (Å²) in [6.45, 7) is 0. The van der Waals surface area contributed by atoms with Crippen molar-refractivity contribution in [3.63, 3.8) is 0 Å². The minimum absolute atomic E-state index is 0.304. The predicted molar refractivity (Wildman–Crippen MR) is 66.9 cm³/mol. The molecule has 1 aromatic rings. The largest absolute Gasteiger partial charge is 0.573 e. The molecule has 0 unspecified atom stereocenters. The van der Waals surface area contributed by atoms with Crippen LogP contribution >= 0.6 is 0 Å². The second kappa shape index (κ2) is 6.50. The van der Waals surface area contributed by atoms with Gasteiger partial charge in [0.15, 0.2) is 17.5 Å². The van der Waals surface area contributed by atoms with Crippen molar-refractivity contribution in [1.82, 2.24) is 0 Å². The van der Waals surface area contributed by atoms with Gasteiger partial charge in [-0.25, -0.2) is 4.99 Å². The highest BCUT2D eigenvalue weighted by atomic mass is 19.4. The molecule has 0 radical (unpaired) electrons. The van der Waals surface area contributed by atoms with Gasteiger partial charge >= 0.3 is 12.7 Å². The maximum absolute atomic E-state index is 12.2. The zero-order valence-corrected chi connectivity index (χ0v) is 10.9. The molecule has 0 atom stereocenters. The lowest BCUT2D eigenvalue weighted by Gasteiger charge is -2.15. The van der Waals surface area contributed by atoms with Gasteiger partial charge in [0.05, 0.1) is 5.69 Å². The fourth-order valence-corrected chi connectivity index (χ4v) is 1.27. The maximum atomic E-state index is 12.2. The van der Waals surface area contributed by atoms with Crippen LogP contribution < -0.4 is 26.7 Å². The summed E-state index contributed by atoms with van der Waals surface area (Å²) in [5, 5.41) is 0. The summed E-state index contributed by atoms with van der Waals surface area (Å²) < 4.78 is 80.1. The first kappa shape index (κ1) is 18.2. The van der Waals surface area contributed by atoms with E-state index in [1.54, 1.807) is 0 Å². The zero-order chi connectivity index (χ0) is 17.8. The van der Waals surface area contributed by atoms with Crippen LogP contribution in [0.4, 0.5) is 32.0 Å². The van der Waals surface area contributed by atoms with Crippen molar-refractivity contribution >= 4 is 17.6 Å². The fraction of sp³-hybridized carbons (Fsp3) is 0.200. The number of hydrogen-bond acceptors (Lipinski definition) is 3. The molecule has 0 heterocycles. The number of nitrogens with zero attached hydrogens (tertiary/aromatic N) is 2. The normalized spacial score (nSPS) is 12.7. The lowest BCUT2D eigenvalue weighted by molar-refractivity contribution is -0.287. The average molecular weight is 345 g/mol. The molecule has 0 saturated carbocycles. The summed E-state index contributed by atoms with van der Waals surface area (Å²) in [6.07, 6.45) is -10.5. The number of benzene rings is 1. The molecule has 0 aliphatic heterocycles. The van der Waals surface area contributed by atoms with Crippen molar-refractivity contribution in [3.8, 4) is 11.5 Å². The molecule has 23 heavy (non-hydrogen) atoms. The molecule has 0 bridgehead atoms. The SMILES string of the molecule is NC(N)=NC(N)=Nc1ccc(OC(F)(F)F)c(OC(F)(F)F)c1. The van der Waals surface area contributed by atoms with E-state index in [4.69, 9.17) is 17.2 Å². The van der Waals surface area contributed by atoms with Gasteiger partial charge < -0.3 is 26.7 Å². The van der Waals surface area contributed by atoms with E-state index < -0.39 is 36.1 Å². The molecule has 0 saturated heterocycles. The quantitative estimate of drug-likeness (QED) is 0.437. The van der Waals surface area contributed by atoms with Crippen LogP contribution in [-0.4, -0.2) is 24.6 Å². The van der Waals surface area contributed by atoms with Gasteiger partial charge in [0.1, 0.15) is 0 Å². The Morgan fingerprint density at radius 2 is 1.39 bits per heavy atom. The Labute approximate surface area is 124 Å². The third kappa shape index (κ3) is 7.10. The molecule has 0 aliphatic rings. The van der Waals surface area contributed by atoms with Gasteiger partial charge in [-0.15, -0.1) is 26.3 Å². The standard InChI is InChI=1S/C10H9F6N5O2/c11-9(12,13)22-5-2-1-4(20-8(19)21-7(17)18)3-6(5)23-10(14,15)16/h1-3H,(H6,17,18,19,20,21). The summed E-state index contributed by atoms with van der Waals surface area (Å²) in [4.78, 5) is 6.77. The van der Waals surface area contributed by atoms with Crippen molar-refractivity contribution in [1.29, 1.82) is 0 Å². The average Bonchev–Trinajstić information content (AvgIpc) is 2.27. The van der Waals surface area contributed by atoms with Gasteiger partial charge in [0.25, 0.3) is 0 Å². The van der Waals surface area contributed by atoms with Crippen LogP contribution in [0.25, 0.3) is 0 Å². The van der Waals surface area contributed by atoms with Crippen molar-refractivity contribution in [2.75, 3.05) is 0 Å². The monoisotopic (exact) mass is 345 g/mol. The Bertz CT molecular complexity index is 621. The smallest absolute Gasteiger partial charge is 0.402 e. The van der Waals surface area contributed by atoms with E-state index in [0.717, 1.165) is 6.07 Å². The summed E-state index contributed by atoms with van der Waals surface area (Å²) in [6, 6.07) is 1.97. The number of guanidine groups is 2. The number of alkyl halides is 6. The highest BCUT2D eigenvalue weighted by Gasteiger charge is 2.36. The Kier molecular flexibility index (Phi) is 5.14. The first-order valence-electron chi connectivity index (χ1n) is 5.45. The lowest BCUT2D eigenvalue weighted by Crippen LogP contribution is -2.26. The topological polar surface area (TPSA) is 121 Å². The first-order chi connectivity index (χ1) is 10.4. The molecule has 0 aliphatic carbocycles. The van der Waals surface area contributed by atoms with E-state index in [9.17, 15) is 26.3 Å². The van der Waals surface area contributed by atoms with E-state index in [1.165, 1.54) is 0 Å². The fourth-order valence-electron chi connectivity index (χ4n) is 1.27. The number of halogens is 6. The van der Waals surface area contributed by atoms with Gasteiger partial charge in [-0.1, -0.05) is 0 Å². The van der Waals surface area contributed by atoms with Gasteiger partial charge in [-0.3, -0.25) is 0 Å². The molecule has 7 nitrogen and oxygen atoms in total. The molecule has 13 heteroatoms. The van der Waals surface area contributed by atoms with Crippen LogP contribution in [0.3, 0.4) is 0 Å². The number of nitrogens with two attached hydrogens (primary N) is 3. The number of ether oxygens (including phenoxy) is 2. The van der Waals surface area contributed by atoms with Crippen molar-refractivity contribution in [3.05, 3.63) is 18.2 Å². The van der Waals surface area contributed by atoms with Crippen molar-refractivity contribution in [2.24, 2.45) is 27.2 Å². The van der Waals surface area contributed by atoms with E-state index in [1.807, 2.05) is 0 Å². The lowest BCUT2D eigenvalue weighted by atomic mass is 10.3. The third-order valence-electron chi connectivity index (χ3n) is 1.87. The van der Waals surface area contributed by atoms with Crippen LogP contribution in [0.5, 0.6) is 11.5 Å². The Morgan fingerprint density at radius 3 is 1.87 bits per heavy atom. The maximum Gasteiger partial charge on any atom is 0.573 e. The van der Waals surface area contributed by atoms with Gasteiger partial charge in [-0.2, -0.15) is 4.99 Å². The van der Waals surface area contributed by atoms with Crippen LogP contribution in [0.2, 0.25) is 0 Å². The van der Waals surface area contributed by atoms with E-state index in [2.05, 4.69) is 19.5 Å². The van der Waals surface area contributed by atoms with E-state index in [0.29, 0.717) is 12.1 Å². The molecule has 0 aromatic heterocycles. The molecule has 0 spiro atoms. The van der Waals surface area contributed by atoms with Crippen molar-refractivity contribution in [2.45, 2.75) is 12.7 Å². The molecular formula is C10H9F6N5O2. The molecule has 6 N–H and O–H groups in total. The van der Waals surface area contributed by atoms with Gasteiger partial charge in [-0.05, 0) is 12.1 Å². The minimum Gasteiger partial charge on any atom is -0.402 e. The highest BCUT2D eigenvalue weighted by molar-refractivity contribution is 5.93. The molecule has 128 valence electrons. The molecular weight excluding hydrogens is 336 g/mol. The Balaban J connectivity index is 3.24. The van der Waals surface area contributed by atoms with Crippen LogP contribution in [0, 0.1) is 0 Å². The number of hydrogen-bond donors (Lipinski definition) is 3. The Morgan fingerprint density at radius 1 is 0.870 bits per heavy atom. The van der Waals surface area contributed by atoms with Crippen LogP contribution in [0.15, 0.2) is 28.2 Å². The number of rotatable bonds is 3. The first-order valence-corrected chi connectivity index (χ1v) is 5.45. The summed E-state index contributed by atoms with van der Waals surface area (Å²) in [7, 11) is 0. The van der Waals surface area contributed by atoms with Crippen LogP contribution in [-0.2, 0) is 0 Å². The molecule has 0 amide bonds. The zero-order valence-electron chi connectivity index (χ0n) is 10.9. The minimum atomic E-state index is -5.25. The number of aliphatic imine (C=N–C) groups is 2. The molecule has 0 fully saturated rings. The summed E-state index contributed by atoms with van der Waals surface area (Å²) in [5.74, 6) is -3.50. The second-order valence-electron chi connectivity index (χ2n) is 3.73. The van der Waals surface area contributed by atoms with Crippen LogP contribution in [0.1, 0.15) is 0 Å². The molecule has 1 aromatic carbocycles. The summed E-state index contributed by atoms with van der Waals surface area (Å²) in [5.41, 5.74) is 15.0. The van der Waals surface area contributed by atoms with Gasteiger partial charge in [0, 0.05) is 6.07 Å². The third-order valence-corrected chi connectivity index (χ3v) is 1.87. The molecule has 1 rings (SSSR count). The Hall–Kier alpha value is -2.86. The predicted octanol–water partition coefficient (Wildman–Crippen LogP) is 1.70.